The van der Waals surface area contributed by atoms with E-state index in [1.807, 2.05) is 24.3 Å². The molecule has 1 N–H and O–H groups in total. The van der Waals surface area contributed by atoms with Crippen LogP contribution in [0.2, 0.25) is 0 Å². The van der Waals surface area contributed by atoms with Gasteiger partial charge in [-0.15, -0.1) is 5.10 Å². The summed E-state index contributed by atoms with van der Waals surface area (Å²) in [6.07, 6.45) is 1.40. The maximum atomic E-state index is 11.5. The highest BCUT2D eigenvalue weighted by Crippen LogP contribution is 2.10. The number of hydrogen-bond donors (Lipinski definition) is 1. The number of nitrogens with zero attached hydrogens (tertiary/aromatic N) is 4. The van der Waals surface area contributed by atoms with Crippen LogP contribution in [-0.2, 0) is 11.3 Å². The minimum atomic E-state index is -0.159. The van der Waals surface area contributed by atoms with Crippen molar-refractivity contribution in [2.75, 3.05) is 5.32 Å². The van der Waals surface area contributed by atoms with Crippen LogP contribution in [0.3, 0.4) is 0 Å². The molecular formula is C9H8IN5O. The molecule has 82 valence electrons. The zero-order valence-corrected chi connectivity index (χ0v) is 10.3. The van der Waals surface area contributed by atoms with Crippen molar-refractivity contribution in [2.24, 2.45) is 0 Å². The number of anilines is 1. The van der Waals surface area contributed by atoms with Gasteiger partial charge in [-0.2, -0.15) is 0 Å². The lowest BCUT2D eigenvalue weighted by molar-refractivity contribution is -0.116. The Morgan fingerprint density at radius 3 is 2.75 bits per heavy atom. The Kier molecular flexibility index (Phi) is 3.44. The van der Waals surface area contributed by atoms with Crippen molar-refractivity contribution in [3.05, 3.63) is 34.2 Å². The van der Waals surface area contributed by atoms with Crippen LogP contribution in [-0.4, -0.2) is 26.1 Å². The van der Waals surface area contributed by atoms with Gasteiger partial charge in [-0.25, -0.2) is 4.68 Å². The summed E-state index contributed by atoms with van der Waals surface area (Å²) in [6, 6.07) is 7.54. The maximum Gasteiger partial charge on any atom is 0.246 e. The Hall–Kier alpha value is -1.51. The highest BCUT2D eigenvalue weighted by atomic mass is 127. The molecule has 0 fully saturated rings. The van der Waals surface area contributed by atoms with E-state index in [2.05, 4.69) is 43.4 Å². The molecule has 0 radical (unpaired) electrons. The summed E-state index contributed by atoms with van der Waals surface area (Å²) in [7, 11) is 0. The van der Waals surface area contributed by atoms with Crippen molar-refractivity contribution in [3.8, 4) is 0 Å². The topological polar surface area (TPSA) is 72.7 Å². The minimum Gasteiger partial charge on any atom is -0.324 e. The monoisotopic (exact) mass is 329 g/mol. The molecule has 0 bridgehead atoms. The van der Waals surface area contributed by atoms with Crippen molar-refractivity contribution >= 4 is 34.2 Å². The molecule has 0 aliphatic heterocycles. The molecule has 2 rings (SSSR count). The van der Waals surface area contributed by atoms with E-state index in [1.54, 1.807) is 0 Å². The number of carbonyl (C=O) groups is 1. The molecule has 0 spiro atoms. The Balaban J connectivity index is 1.95. The Morgan fingerprint density at radius 1 is 1.38 bits per heavy atom. The smallest absolute Gasteiger partial charge is 0.246 e. The number of tetrazole rings is 1. The molecule has 2 aromatic rings. The molecular weight excluding hydrogens is 321 g/mol. The summed E-state index contributed by atoms with van der Waals surface area (Å²) < 4.78 is 2.48. The molecule has 0 unspecified atom stereocenters. The second-order valence-electron chi connectivity index (χ2n) is 3.06. The maximum absolute atomic E-state index is 11.5. The number of carbonyl (C=O) groups excluding carboxylic acids is 1. The van der Waals surface area contributed by atoms with Crippen LogP contribution in [0.15, 0.2) is 30.6 Å². The van der Waals surface area contributed by atoms with E-state index >= 15 is 0 Å². The lowest BCUT2D eigenvalue weighted by Crippen LogP contribution is -2.19. The van der Waals surface area contributed by atoms with Gasteiger partial charge in [0.15, 0.2) is 0 Å². The molecule has 0 atom stereocenters. The number of rotatable bonds is 3. The lowest BCUT2D eigenvalue weighted by atomic mass is 10.3. The standard InChI is InChI=1S/C9H8IN5O/c10-7-1-3-8(4-2-7)12-9(16)5-15-6-11-13-14-15/h1-4,6H,5H2,(H,12,16). The van der Waals surface area contributed by atoms with Crippen molar-refractivity contribution in [2.45, 2.75) is 6.54 Å². The van der Waals surface area contributed by atoms with E-state index in [9.17, 15) is 4.79 Å². The fraction of sp³-hybridized carbons (Fsp3) is 0.111. The quantitative estimate of drug-likeness (QED) is 0.850. The van der Waals surface area contributed by atoms with Gasteiger partial charge in [0.25, 0.3) is 0 Å². The van der Waals surface area contributed by atoms with Crippen LogP contribution < -0.4 is 5.32 Å². The summed E-state index contributed by atoms with van der Waals surface area (Å²) in [5.74, 6) is -0.159. The fourth-order valence-electron chi connectivity index (χ4n) is 1.13. The SMILES string of the molecule is O=C(Cn1cnnn1)Nc1ccc(I)cc1. The van der Waals surface area contributed by atoms with Gasteiger partial charge in [-0.05, 0) is 57.3 Å². The number of amides is 1. The van der Waals surface area contributed by atoms with Crippen LogP contribution in [0.25, 0.3) is 0 Å². The van der Waals surface area contributed by atoms with E-state index in [-0.39, 0.29) is 12.5 Å². The number of aromatic nitrogens is 4. The van der Waals surface area contributed by atoms with Gasteiger partial charge in [0.05, 0.1) is 0 Å². The average molecular weight is 329 g/mol. The predicted molar refractivity (Wildman–Crippen MR) is 65.6 cm³/mol. The Morgan fingerprint density at radius 2 is 2.12 bits per heavy atom. The molecule has 0 aliphatic rings. The zero-order chi connectivity index (χ0) is 11.4. The molecule has 1 aromatic heterocycles. The van der Waals surface area contributed by atoms with E-state index < -0.39 is 0 Å². The van der Waals surface area contributed by atoms with Gasteiger partial charge < -0.3 is 5.32 Å². The molecule has 1 aromatic carbocycles. The number of hydrogen-bond acceptors (Lipinski definition) is 4. The number of benzene rings is 1. The molecule has 16 heavy (non-hydrogen) atoms. The van der Waals surface area contributed by atoms with Gasteiger partial charge >= 0.3 is 0 Å². The van der Waals surface area contributed by atoms with Crippen molar-refractivity contribution < 1.29 is 4.79 Å². The van der Waals surface area contributed by atoms with Gasteiger partial charge in [0.2, 0.25) is 5.91 Å². The molecule has 0 saturated carbocycles. The zero-order valence-electron chi connectivity index (χ0n) is 8.17. The third kappa shape index (κ3) is 2.99. The molecule has 1 heterocycles. The largest absolute Gasteiger partial charge is 0.324 e. The molecule has 0 aliphatic carbocycles. The third-order valence-corrected chi connectivity index (χ3v) is 2.54. The Labute approximate surface area is 105 Å². The minimum absolute atomic E-state index is 0.110. The molecule has 0 saturated heterocycles. The second kappa shape index (κ2) is 5.01. The van der Waals surface area contributed by atoms with Crippen LogP contribution in [0.5, 0.6) is 0 Å². The number of nitrogens with one attached hydrogen (secondary N) is 1. The van der Waals surface area contributed by atoms with Gasteiger partial charge in [-0.3, -0.25) is 4.79 Å². The summed E-state index contributed by atoms with van der Waals surface area (Å²) in [6.45, 7) is 0.110. The normalized spacial score (nSPS) is 10.1. The highest BCUT2D eigenvalue weighted by molar-refractivity contribution is 14.1. The second-order valence-corrected chi connectivity index (χ2v) is 4.31. The summed E-state index contributed by atoms with van der Waals surface area (Å²) in [5.41, 5.74) is 0.762. The molecule has 6 nitrogen and oxygen atoms in total. The molecule has 7 heteroatoms. The first-order valence-corrected chi connectivity index (χ1v) is 5.58. The van der Waals surface area contributed by atoms with Crippen molar-refractivity contribution in [3.63, 3.8) is 0 Å². The predicted octanol–water partition coefficient (Wildman–Crippen LogP) is 0.916. The lowest BCUT2D eigenvalue weighted by Gasteiger charge is -2.04. The highest BCUT2D eigenvalue weighted by Gasteiger charge is 2.03. The Bertz CT molecular complexity index is 467. The van der Waals surface area contributed by atoms with Gasteiger partial charge in [-0.1, -0.05) is 0 Å². The van der Waals surface area contributed by atoms with Gasteiger partial charge in [0, 0.05) is 9.26 Å². The van der Waals surface area contributed by atoms with Gasteiger partial charge in [0.1, 0.15) is 12.9 Å². The fourth-order valence-corrected chi connectivity index (χ4v) is 1.49. The van der Waals surface area contributed by atoms with E-state index in [1.165, 1.54) is 11.0 Å². The van der Waals surface area contributed by atoms with Crippen LogP contribution in [0, 0.1) is 3.57 Å². The summed E-state index contributed by atoms with van der Waals surface area (Å²) >= 11 is 2.20. The average Bonchev–Trinajstić information content (AvgIpc) is 2.74. The summed E-state index contributed by atoms with van der Waals surface area (Å²) in [4.78, 5) is 11.5. The molecule has 1 amide bonds. The van der Waals surface area contributed by atoms with Crippen molar-refractivity contribution in [1.29, 1.82) is 0 Å². The first kappa shape index (κ1) is 11.0. The van der Waals surface area contributed by atoms with E-state index in [0.717, 1.165) is 9.26 Å². The third-order valence-electron chi connectivity index (χ3n) is 1.83. The first-order chi connectivity index (χ1) is 7.74. The summed E-state index contributed by atoms with van der Waals surface area (Å²) in [5, 5.41) is 13.2. The number of halogens is 1. The van der Waals surface area contributed by atoms with Crippen LogP contribution in [0.4, 0.5) is 5.69 Å². The van der Waals surface area contributed by atoms with E-state index in [4.69, 9.17) is 0 Å². The first-order valence-electron chi connectivity index (χ1n) is 4.50. The van der Waals surface area contributed by atoms with Crippen LogP contribution >= 0.6 is 22.6 Å². The van der Waals surface area contributed by atoms with Crippen LogP contribution in [0.1, 0.15) is 0 Å². The van der Waals surface area contributed by atoms with E-state index in [0.29, 0.717) is 0 Å². The van der Waals surface area contributed by atoms with Crippen molar-refractivity contribution in [1.82, 2.24) is 20.2 Å².